The van der Waals surface area contributed by atoms with Gasteiger partial charge in [-0.25, -0.2) is 9.78 Å². The smallest absolute Gasteiger partial charge is 0.325 e. The van der Waals surface area contributed by atoms with Crippen molar-refractivity contribution < 1.29 is 29.3 Å². The van der Waals surface area contributed by atoms with Gasteiger partial charge in [0.15, 0.2) is 6.23 Å². The molecule has 6 rings (SSSR count). The van der Waals surface area contributed by atoms with E-state index in [0.29, 0.717) is 52.1 Å². The summed E-state index contributed by atoms with van der Waals surface area (Å²) in [4.78, 5) is 45.8. The number of ether oxygens (including phenoxy) is 1. The number of carboxylic acids is 1. The third-order valence-corrected chi connectivity index (χ3v) is 9.49. The fourth-order valence-corrected chi connectivity index (χ4v) is 6.80. The maximum Gasteiger partial charge on any atom is 0.325 e. The molecule has 3 amide bonds. The number of nitrogens with one attached hydrogen (secondary N) is 1. The molecule has 0 spiro atoms. The first-order valence-corrected chi connectivity index (χ1v) is 15.1. The Hall–Kier alpha value is -4.16. The number of anilines is 1. The van der Waals surface area contributed by atoms with Crippen LogP contribution in [-0.2, 0) is 16.0 Å². The molecule has 1 saturated heterocycles. The fraction of sp³-hybridized carbons (Fsp3) is 0.312. The summed E-state index contributed by atoms with van der Waals surface area (Å²) >= 11 is 13.8. The number of nitrogens with zero attached hydrogens (tertiary/aromatic N) is 4. The predicted molar refractivity (Wildman–Crippen MR) is 169 cm³/mol. The van der Waals surface area contributed by atoms with Crippen LogP contribution in [0.2, 0.25) is 10.0 Å². The number of urea groups is 1. The van der Waals surface area contributed by atoms with E-state index in [1.165, 1.54) is 25.2 Å². The molecule has 3 aromatic rings. The highest BCUT2D eigenvalue weighted by Crippen LogP contribution is 2.46. The Bertz CT molecular complexity index is 1760. The van der Waals surface area contributed by atoms with E-state index in [9.17, 15) is 24.6 Å². The van der Waals surface area contributed by atoms with Crippen LogP contribution in [0.3, 0.4) is 0 Å². The van der Waals surface area contributed by atoms with Crippen LogP contribution in [0.15, 0.2) is 54.2 Å². The van der Waals surface area contributed by atoms with Crippen LogP contribution in [0, 0.1) is 5.92 Å². The molecule has 3 aliphatic rings. The molecule has 1 fully saturated rings. The summed E-state index contributed by atoms with van der Waals surface area (Å²) in [5.41, 5.74) is 4.86. The van der Waals surface area contributed by atoms with Crippen molar-refractivity contribution in [3.05, 3.63) is 75.4 Å². The summed E-state index contributed by atoms with van der Waals surface area (Å²) in [6.07, 6.45) is 1.52. The molecule has 11 nitrogen and oxygen atoms in total. The molecule has 3 heterocycles. The number of carbonyl (C=O) groups is 3. The lowest BCUT2D eigenvalue weighted by atomic mass is 9.95. The van der Waals surface area contributed by atoms with E-state index in [1.807, 2.05) is 24.3 Å². The molecular weight excluding hydrogens is 621 g/mol. The number of aromatic nitrogens is 1. The first kappa shape index (κ1) is 30.8. The van der Waals surface area contributed by atoms with Gasteiger partial charge in [-0.1, -0.05) is 53.5 Å². The number of hydrogen-bond donors (Lipinski definition) is 3. The van der Waals surface area contributed by atoms with Crippen molar-refractivity contribution in [2.45, 2.75) is 25.1 Å². The maximum absolute atomic E-state index is 13.1. The number of fused-ring (bicyclic) bond motifs is 1. The summed E-state index contributed by atoms with van der Waals surface area (Å²) in [7, 11) is 4.47. The number of methoxy groups -OCH3 is 1. The quantitative estimate of drug-likeness (QED) is 0.329. The van der Waals surface area contributed by atoms with Crippen LogP contribution in [0.4, 0.5) is 10.5 Å². The zero-order chi connectivity index (χ0) is 32.2. The third kappa shape index (κ3) is 5.39. The molecule has 0 bridgehead atoms. The Morgan fingerprint density at radius 1 is 1.04 bits per heavy atom. The van der Waals surface area contributed by atoms with E-state index < -0.39 is 24.1 Å². The lowest BCUT2D eigenvalue weighted by Crippen LogP contribution is -2.51. The number of aliphatic hydroxyl groups excluding tert-OH is 1. The number of carbonyl (C=O) groups excluding carboxylic acids is 2. The first-order valence-electron chi connectivity index (χ1n) is 14.3. The third-order valence-electron chi connectivity index (χ3n) is 8.68. The molecule has 1 aromatic heterocycles. The number of amides is 3. The van der Waals surface area contributed by atoms with Crippen molar-refractivity contribution in [1.29, 1.82) is 0 Å². The van der Waals surface area contributed by atoms with Gasteiger partial charge in [-0.05, 0) is 30.5 Å². The van der Waals surface area contributed by atoms with Gasteiger partial charge in [-0.15, -0.1) is 0 Å². The number of aliphatic carboxylic acids is 1. The van der Waals surface area contributed by atoms with E-state index >= 15 is 0 Å². The SMILES string of the molecule is COc1nc(-c2cccc(-c3cccc(NC(=O)C4=CN(C)C(=O)N(C)C4O)c3Cl)c2Cl)cc2c1[C@@H](N1CC(C(=O)O)C1)CC2. The molecule has 234 valence electrons. The molecule has 45 heavy (non-hydrogen) atoms. The second-order valence-corrected chi connectivity index (χ2v) is 12.1. The highest BCUT2D eigenvalue weighted by molar-refractivity contribution is 6.39. The van der Waals surface area contributed by atoms with Gasteiger partial charge in [0.2, 0.25) is 5.88 Å². The average Bonchev–Trinajstić information content (AvgIpc) is 3.41. The number of rotatable bonds is 7. The van der Waals surface area contributed by atoms with E-state index in [1.54, 1.807) is 25.3 Å². The molecule has 3 N–H and O–H groups in total. The molecule has 2 aliphatic heterocycles. The van der Waals surface area contributed by atoms with E-state index in [2.05, 4.69) is 10.2 Å². The monoisotopic (exact) mass is 651 g/mol. The fourth-order valence-electron chi connectivity index (χ4n) is 6.20. The summed E-state index contributed by atoms with van der Waals surface area (Å²) < 4.78 is 5.74. The summed E-state index contributed by atoms with van der Waals surface area (Å²) in [5, 5.41) is 23.2. The Kier molecular flexibility index (Phi) is 8.21. The summed E-state index contributed by atoms with van der Waals surface area (Å²) in [5.74, 6) is -1.24. The lowest BCUT2D eigenvalue weighted by Gasteiger charge is -2.41. The molecule has 0 radical (unpaired) electrons. The Labute approximate surface area is 269 Å². The molecule has 1 unspecified atom stereocenters. The zero-order valence-electron chi connectivity index (χ0n) is 24.8. The maximum atomic E-state index is 13.1. The average molecular weight is 653 g/mol. The lowest BCUT2D eigenvalue weighted by molar-refractivity contribution is -0.148. The van der Waals surface area contributed by atoms with Gasteiger partial charge in [0, 0.05) is 61.7 Å². The first-order chi connectivity index (χ1) is 21.5. The minimum absolute atomic E-state index is 0.0178. The van der Waals surface area contributed by atoms with Crippen molar-refractivity contribution in [1.82, 2.24) is 19.7 Å². The van der Waals surface area contributed by atoms with Gasteiger partial charge in [0.25, 0.3) is 5.91 Å². The number of hydrogen-bond acceptors (Lipinski definition) is 7. The number of aliphatic hydroxyl groups is 1. The summed E-state index contributed by atoms with van der Waals surface area (Å²) in [6, 6.07) is 12.3. The minimum Gasteiger partial charge on any atom is -0.481 e. The molecule has 13 heteroatoms. The van der Waals surface area contributed by atoms with Crippen molar-refractivity contribution in [3.8, 4) is 28.3 Å². The van der Waals surface area contributed by atoms with Gasteiger partial charge >= 0.3 is 12.0 Å². The molecular formula is C32H31Cl2N5O6. The predicted octanol–water partition coefficient (Wildman–Crippen LogP) is 4.87. The van der Waals surface area contributed by atoms with Gasteiger partial charge in [-0.3, -0.25) is 19.4 Å². The van der Waals surface area contributed by atoms with Crippen LogP contribution in [0.1, 0.15) is 23.6 Å². The van der Waals surface area contributed by atoms with Crippen LogP contribution in [0.25, 0.3) is 22.4 Å². The number of benzene rings is 2. The molecule has 1 aliphatic carbocycles. The number of halogens is 2. The second kappa shape index (κ2) is 12.0. The van der Waals surface area contributed by atoms with E-state index in [0.717, 1.165) is 28.9 Å². The summed E-state index contributed by atoms with van der Waals surface area (Å²) in [6.45, 7) is 1.01. The highest BCUT2D eigenvalue weighted by Gasteiger charge is 2.41. The van der Waals surface area contributed by atoms with Crippen molar-refractivity contribution in [2.24, 2.45) is 5.92 Å². The Morgan fingerprint density at radius 3 is 2.40 bits per heavy atom. The number of likely N-dealkylation sites (N-methyl/N-ethyl adjacent to an activating group) is 1. The van der Waals surface area contributed by atoms with Crippen molar-refractivity contribution >= 4 is 46.8 Å². The van der Waals surface area contributed by atoms with Gasteiger partial charge in [-0.2, -0.15) is 0 Å². The number of carboxylic acid groups (broad SMARTS) is 1. The van der Waals surface area contributed by atoms with Gasteiger partial charge in [0.05, 0.1) is 40.0 Å². The van der Waals surface area contributed by atoms with Crippen LogP contribution >= 0.6 is 23.2 Å². The minimum atomic E-state index is -1.42. The van der Waals surface area contributed by atoms with E-state index in [4.69, 9.17) is 32.9 Å². The zero-order valence-corrected chi connectivity index (χ0v) is 26.3. The Morgan fingerprint density at radius 2 is 1.71 bits per heavy atom. The Balaban J connectivity index is 1.30. The number of pyridine rings is 1. The topological polar surface area (TPSA) is 136 Å². The van der Waals surface area contributed by atoms with Gasteiger partial charge < -0.3 is 25.2 Å². The van der Waals surface area contributed by atoms with Crippen LogP contribution < -0.4 is 10.1 Å². The van der Waals surface area contributed by atoms with Gasteiger partial charge in [0.1, 0.15) is 0 Å². The normalized spacial score (nSPS) is 20.0. The molecule has 0 saturated carbocycles. The van der Waals surface area contributed by atoms with Crippen molar-refractivity contribution in [2.75, 3.05) is 39.6 Å². The molecule has 2 atom stereocenters. The molecule has 2 aromatic carbocycles. The van der Waals surface area contributed by atoms with Crippen LogP contribution in [0.5, 0.6) is 5.88 Å². The standard InChI is InChI=1S/C32H31Cl2N5O6/c1-37-15-21(30(41)38(2)32(37)44)28(40)35-22-9-5-7-19(27(22)34)18-6-4-8-20(26(18)33)23-12-16-10-11-24(25(16)29(36-23)45-3)39-13-17(14-39)31(42)43/h4-9,12,15,17,24,30,41H,10-11,13-14H2,1-3H3,(H,35,40)(H,42,43)/t24-,30?/m0/s1. The van der Waals surface area contributed by atoms with Crippen molar-refractivity contribution in [3.63, 3.8) is 0 Å². The second-order valence-electron chi connectivity index (χ2n) is 11.4. The van der Waals surface area contributed by atoms with E-state index in [-0.39, 0.29) is 22.6 Å². The number of likely N-dealkylation sites (tertiary alicyclic amines) is 1. The van der Waals surface area contributed by atoms with Crippen LogP contribution in [-0.4, -0.2) is 88.3 Å². The highest BCUT2D eigenvalue weighted by atomic mass is 35.5. The number of aryl methyl sites for hydroxylation is 1. The largest absolute Gasteiger partial charge is 0.481 e.